The number of nitrogens with zero attached hydrogens (tertiary/aromatic N) is 2. The van der Waals surface area contributed by atoms with Crippen molar-refractivity contribution in [2.75, 3.05) is 5.32 Å². The van der Waals surface area contributed by atoms with Crippen LogP contribution in [0.5, 0.6) is 0 Å². The van der Waals surface area contributed by atoms with Gasteiger partial charge in [-0.05, 0) is 60.2 Å². The number of amides is 1. The van der Waals surface area contributed by atoms with E-state index >= 15 is 0 Å². The summed E-state index contributed by atoms with van der Waals surface area (Å²) in [4.78, 5) is 12.3. The van der Waals surface area contributed by atoms with Crippen LogP contribution in [0.1, 0.15) is 30.0 Å². The summed E-state index contributed by atoms with van der Waals surface area (Å²) in [5.41, 5.74) is 2.35. The zero-order valence-electron chi connectivity index (χ0n) is 11.0. The second kappa shape index (κ2) is 6.18. The van der Waals surface area contributed by atoms with Crippen molar-refractivity contribution in [2.24, 2.45) is 0 Å². The number of anilines is 1. The number of rotatable bonds is 4. The highest BCUT2D eigenvalue weighted by atomic mass is 127. The van der Waals surface area contributed by atoms with Crippen molar-refractivity contribution >= 4 is 34.2 Å². The number of carbonyl (C=O) groups is 1. The summed E-state index contributed by atoms with van der Waals surface area (Å²) >= 11 is 2.22. The molecule has 19 heavy (non-hydrogen) atoms. The number of aromatic nitrogens is 2. The fraction of sp³-hybridized carbons (Fsp3) is 0.286. The molecule has 1 aromatic carbocycles. The van der Waals surface area contributed by atoms with Crippen molar-refractivity contribution in [1.82, 2.24) is 9.78 Å². The Balaban J connectivity index is 2.22. The lowest BCUT2D eigenvalue weighted by Gasteiger charge is -2.06. The van der Waals surface area contributed by atoms with E-state index in [4.69, 9.17) is 0 Å². The van der Waals surface area contributed by atoms with Crippen molar-refractivity contribution in [3.8, 4) is 0 Å². The van der Waals surface area contributed by atoms with Crippen LogP contribution in [0.2, 0.25) is 0 Å². The van der Waals surface area contributed by atoms with Gasteiger partial charge in [0.25, 0.3) is 5.91 Å². The summed E-state index contributed by atoms with van der Waals surface area (Å²) in [6.07, 6.45) is 0.830. The van der Waals surface area contributed by atoms with Gasteiger partial charge in [-0.25, -0.2) is 0 Å². The van der Waals surface area contributed by atoms with Crippen LogP contribution in [0.25, 0.3) is 0 Å². The summed E-state index contributed by atoms with van der Waals surface area (Å²) in [7, 11) is 0. The van der Waals surface area contributed by atoms with E-state index in [0.717, 1.165) is 21.4 Å². The average Bonchev–Trinajstić information content (AvgIpc) is 2.82. The van der Waals surface area contributed by atoms with Crippen LogP contribution in [0.3, 0.4) is 0 Å². The molecule has 1 amide bonds. The second-order valence-electron chi connectivity index (χ2n) is 4.15. The molecule has 0 saturated heterocycles. The van der Waals surface area contributed by atoms with Gasteiger partial charge in [0.1, 0.15) is 5.69 Å². The molecule has 0 bridgehead atoms. The zero-order valence-corrected chi connectivity index (χ0v) is 13.1. The normalized spacial score (nSPS) is 10.5. The second-order valence-corrected chi connectivity index (χ2v) is 5.40. The number of carbonyl (C=O) groups excluding carboxylic acids is 1. The minimum atomic E-state index is -0.115. The van der Waals surface area contributed by atoms with Gasteiger partial charge in [0.15, 0.2) is 0 Å². The molecular formula is C14H16IN3O. The van der Waals surface area contributed by atoms with E-state index in [-0.39, 0.29) is 5.91 Å². The van der Waals surface area contributed by atoms with E-state index in [9.17, 15) is 4.79 Å². The highest BCUT2D eigenvalue weighted by Gasteiger charge is 2.14. The maximum atomic E-state index is 12.3. The summed E-state index contributed by atoms with van der Waals surface area (Å²) in [6.45, 7) is 4.70. The summed E-state index contributed by atoms with van der Waals surface area (Å²) < 4.78 is 2.83. The predicted octanol–water partition coefficient (Wildman–Crippen LogP) is 3.32. The molecule has 0 aliphatic rings. The number of hydrogen-bond donors (Lipinski definition) is 1. The Kier molecular flexibility index (Phi) is 4.57. The molecule has 4 nitrogen and oxygen atoms in total. The van der Waals surface area contributed by atoms with Crippen molar-refractivity contribution in [3.63, 3.8) is 0 Å². The quantitative estimate of drug-likeness (QED) is 0.841. The van der Waals surface area contributed by atoms with Crippen molar-refractivity contribution < 1.29 is 4.79 Å². The molecule has 2 rings (SSSR count). The first-order valence-corrected chi connectivity index (χ1v) is 7.35. The molecule has 0 aliphatic heterocycles. The summed E-state index contributed by atoms with van der Waals surface area (Å²) in [6, 6.07) is 9.58. The summed E-state index contributed by atoms with van der Waals surface area (Å²) in [5, 5.41) is 7.29. The Hall–Kier alpha value is -1.37. The Morgan fingerprint density at radius 3 is 2.79 bits per heavy atom. The van der Waals surface area contributed by atoms with E-state index in [2.05, 4.69) is 33.0 Å². The standard InChI is InChI=1S/C14H16IN3O/c1-3-11-9-13(18(4-2)17-11)14(19)16-12-7-5-6-10(15)8-12/h5-9H,3-4H2,1-2H3,(H,16,19). The lowest BCUT2D eigenvalue weighted by molar-refractivity contribution is 0.101. The van der Waals surface area contributed by atoms with Crippen molar-refractivity contribution in [1.29, 1.82) is 0 Å². The summed E-state index contributed by atoms with van der Waals surface area (Å²) in [5.74, 6) is -0.115. The van der Waals surface area contributed by atoms with Gasteiger partial charge < -0.3 is 5.32 Å². The fourth-order valence-electron chi connectivity index (χ4n) is 1.83. The van der Waals surface area contributed by atoms with Gasteiger partial charge in [-0.15, -0.1) is 0 Å². The Morgan fingerprint density at radius 2 is 2.16 bits per heavy atom. The zero-order chi connectivity index (χ0) is 13.8. The molecule has 0 fully saturated rings. The molecule has 0 aliphatic carbocycles. The van der Waals surface area contributed by atoms with Crippen molar-refractivity contribution in [3.05, 3.63) is 45.3 Å². The average molecular weight is 369 g/mol. The van der Waals surface area contributed by atoms with Crippen molar-refractivity contribution in [2.45, 2.75) is 26.8 Å². The highest BCUT2D eigenvalue weighted by molar-refractivity contribution is 14.1. The van der Waals surface area contributed by atoms with E-state index in [1.54, 1.807) is 4.68 Å². The molecule has 1 heterocycles. The maximum absolute atomic E-state index is 12.3. The molecule has 100 valence electrons. The van der Waals surface area contributed by atoms with Crippen LogP contribution in [0.4, 0.5) is 5.69 Å². The molecule has 0 spiro atoms. The van der Waals surface area contributed by atoms with Gasteiger partial charge in [-0.2, -0.15) is 5.10 Å². The molecule has 5 heteroatoms. The monoisotopic (exact) mass is 369 g/mol. The Bertz CT molecular complexity index is 592. The Labute approximate surface area is 126 Å². The highest BCUT2D eigenvalue weighted by Crippen LogP contribution is 2.14. The number of nitrogens with one attached hydrogen (secondary N) is 1. The van der Waals surface area contributed by atoms with Crippen LogP contribution in [0, 0.1) is 3.57 Å². The number of hydrogen-bond acceptors (Lipinski definition) is 2. The molecule has 1 N–H and O–H groups in total. The lowest BCUT2D eigenvalue weighted by atomic mass is 10.2. The van der Waals surface area contributed by atoms with E-state index in [1.807, 2.05) is 44.2 Å². The van der Waals surface area contributed by atoms with E-state index in [0.29, 0.717) is 12.2 Å². The smallest absolute Gasteiger partial charge is 0.273 e. The van der Waals surface area contributed by atoms with Crippen LogP contribution in [0.15, 0.2) is 30.3 Å². The molecule has 0 radical (unpaired) electrons. The molecule has 0 atom stereocenters. The molecular weight excluding hydrogens is 353 g/mol. The maximum Gasteiger partial charge on any atom is 0.273 e. The SMILES string of the molecule is CCc1cc(C(=O)Nc2cccc(I)c2)n(CC)n1. The first-order valence-electron chi connectivity index (χ1n) is 6.27. The van der Waals surface area contributed by atoms with E-state index < -0.39 is 0 Å². The lowest BCUT2D eigenvalue weighted by Crippen LogP contribution is -2.17. The molecule has 0 unspecified atom stereocenters. The number of halogens is 1. The topological polar surface area (TPSA) is 46.9 Å². The minimum Gasteiger partial charge on any atom is -0.321 e. The first kappa shape index (κ1) is 14.0. The minimum absolute atomic E-state index is 0.115. The van der Waals surface area contributed by atoms with Gasteiger partial charge in [-0.1, -0.05) is 13.0 Å². The van der Waals surface area contributed by atoms with Crippen LogP contribution in [-0.2, 0) is 13.0 Å². The van der Waals surface area contributed by atoms with Crippen LogP contribution >= 0.6 is 22.6 Å². The predicted molar refractivity (Wildman–Crippen MR) is 84.4 cm³/mol. The Morgan fingerprint density at radius 1 is 1.37 bits per heavy atom. The van der Waals surface area contributed by atoms with Crippen LogP contribution < -0.4 is 5.32 Å². The number of benzene rings is 1. The van der Waals surface area contributed by atoms with Gasteiger partial charge >= 0.3 is 0 Å². The van der Waals surface area contributed by atoms with Gasteiger partial charge in [0, 0.05) is 15.8 Å². The largest absolute Gasteiger partial charge is 0.321 e. The third-order valence-corrected chi connectivity index (χ3v) is 3.48. The first-order chi connectivity index (χ1) is 9.13. The molecule has 2 aromatic rings. The molecule has 0 saturated carbocycles. The van der Waals surface area contributed by atoms with Gasteiger partial charge in [-0.3, -0.25) is 9.48 Å². The number of aryl methyl sites for hydroxylation is 2. The van der Waals surface area contributed by atoms with Crippen LogP contribution in [-0.4, -0.2) is 15.7 Å². The third kappa shape index (κ3) is 3.34. The van der Waals surface area contributed by atoms with Gasteiger partial charge in [0.2, 0.25) is 0 Å². The molecule has 1 aromatic heterocycles. The third-order valence-electron chi connectivity index (χ3n) is 2.81. The fourth-order valence-corrected chi connectivity index (χ4v) is 2.37. The van der Waals surface area contributed by atoms with E-state index in [1.165, 1.54) is 0 Å². The van der Waals surface area contributed by atoms with Gasteiger partial charge in [0.05, 0.1) is 5.69 Å².